The number of hydrogen-bond donors (Lipinski definition) is 1. The van der Waals surface area contributed by atoms with Crippen molar-refractivity contribution in [2.45, 2.75) is 36.4 Å². The Morgan fingerprint density at radius 1 is 1.09 bits per heavy atom. The zero-order chi connectivity index (χ0) is 16.4. The molecule has 0 aliphatic carbocycles. The molecule has 1 heterocycles. The molecule has 0 fully saturated rings. The van der Waals surface area contributed by atoms with Crippen LogP contribution in [0.3, 0.4) is 0 Å². The van der Waals surface area contributed by atoms with E-state index in [1.54, 1.807) is 0 Å². The first-order chi connectivity index (χ1) is 10.2. The minimum atomic E-state index is -4.54. The molecular weight excluding hydrogens is 311 g/mol. The van der Waals surface area contributed by atoms with Crippen LogP contribution >= 0.6 is 11.8 Å². The van der Waals surface area contributed by atoms with Gasteiger partial charge in [-0.05, 0) is 37.1 Å². The fourth-order valence-corrected chi connectivity index (χ4v) is 2.69. The number of aliphatic hydroxyl groups is 1. The molecule has 0 amide bonds. The largest absolute Gasteiger partial charge is 0.433 e. The van der Waals surface area contributed by atoms with Crippen molar-refractivity contribution in [2.24, 2.45) is 0 Å². The van der Waals surface area contributed by atoms with E-state index in [-0.39, 0.29) is 10.6 Å². The van der Waals surface area contributed by atoms with Crippen LogP contribution in [0.5, 0.6) is 0 Å². The van der Waals surface area contributed by atoms with Crippen LogP contribution in [0.15, 0.2) is 47.5 Å². The van der Waals surface area contributed by atoms with E-state index in [4.69, 9.17) is 0 Å². The van der Waals surface area contributed by atoms with Gasteiger partial charge in [0.15, 0.2) is 0 Å². The van der Waals surface area contributed by atoms with Crippen molar-refractivity contribution in [2.75, 3.05) is 0 Å². The number of thioether (sulfide) groups is 1. The van der Waals surface area contributed by atoms with Gasteiger partial charge in [0.1, 0.15) is 5.69 Å². The van der Waals surface area contributed by atoms with Crippen molar-refractivity contribution in [1.82, 2.24) is 4.98 Å². The fraction of sp³-hybridized carbons (Fsp3) is 0.312. The molecule has 0 saturated heterocycles. The average molecular weight is 327 g/mol. The second-order valence-corrected chi connectivity index (χ2v) is 6.41. The van der Waals surface area contributed by atoms with Gasteiger partial charge in [-0.3, -0.25) is 0 Å². The zero-order valence-corrected chi connectivity index (χ0v) is 13.0. The van der Waals surface area contributed by atoms with Crippen LogP contribution in [0.2, 0.25) is 0 Å². The predicted octanol–water partition coefficient (Wildman–Crippen LogP) is 4.62. The van der Waals surface area contributed by atoms with Crippen molar-refractivity contribution in [1.29, 1.82) is 0 Å². The smallest absolute Gasteiger partial charge is 0.386 e. The Balaban J connectivity index is 2.30. The first-order valence-electron chi connectivity index (χ1n) is 6.65. The number of pyridine rings is 1. The molecule has 0 spiro atoms. The highest BCUT2D eigenvalue weighted by Gasteiger charge is 2.34. The van der Waals surface area contributed by atoms with Crippen LogP contribution < -0.4 is 0 Å². The topological polar surface area (TPSA) is 33.1 Å². The molecule has 118 valence electrons. The molecule has 2 nitrogen and oxygen atoms in total. The second-order valence-electron chi connectivity index (χ2n) is 5.41. The highest BCUT2D eigenvalue weighted by molar-refractivity contribution is 7.98. The van der Waals surface area contributed by atoms with Crippen LogP contribution in [0, 0.1) is 0 Å². The summed E-state index contributed by atoms with van der Waals surface area (Å²) in [5, 5.41) is 10.2. The summed E-state index contributed by atoms with van der Waals surface area (Å²) in [6.45, 7) is 2.91. The Morgan fingerprint density at radius 2 is 1.73 bits per heavy atom. The standard InChI is InChI=1S/C16H16F3NOS/c1-15(2,21)12-8-13(16(17,18)19)20-14(9-12)22-10-11-6-4-3-5-7-11/h3-9,21H,10H2,1-2H3. The van der Waals surface area contributed by atoms with Gasteiger partial charge in [-0.25, -0.2) is 4.98 Å². The predicted molar refractivity (Wildman–Crippen MR) is 80.5 cm³/mol. The molecule has 1 aromatic heterocycles. The molecule has 0 unspecified atom stereocenters. The van der Waals surface area contributed by atoms with Crippen molar-refractivity contribution in [3.8, 4) is 0 Å². The summed E-state index contributed by atoms with van der Waals surface area (Å²) in [5.74, 6) is 0.514. The lowest BCUT2D eigenvalue weighted by Crippen LogP contribution is -2.18. The van der Waals surface area contributed by atoms with Gasteiger partial charge in [0, 0.05) is 5.75 Å². The Morgan fingerprint density at radius 3 is 2.27 bits per heavy atom. The second kappa shape index (κ2) is 6.30. The Kier molecular flexibility index (Phi) is 4.82. The monoisotopic (exact) mass is 327 g/mol. The molecule has 0 radical (unpaired) electrons. The SMILES string of the molecule is CC(C)(O)c1cc(SCc2ccccc2)nc(C(F)(F)F)c1. The van der Waals surface area contributed by atoms with Crippen LogP contribution in [0.25, 0.3) is 0 Å². The molecule has 6 heteroatoms. The Hall–Kier alpha value is -1.53. The number of hydrogen-bond acceptors (Lipinski definition) is 3. The van der Waals surface area contributed by atoms with E-state index in [1.165, 1.54) is 31.7 Å². The van der Waals surface area contributed by atoms with Gasteiger partial charge in [-0.15, -0.1) is 11.8 Å². The molecule has 2 aromatic rings. The van der Waals surface area contributed by atoms with Gasteiger partial charge in [0.25, 0.3) is 0 Å². The molecule has 22 heavy (non-hydrogen) atoms. The maximum Gasteiger partial charge on any atom is 0.433 e. The van der Waals surface area contributed by atoms with Crippen molar-refractivity contribution in [3.05, 3.63) is 59.3 Å². The highest BCUT2D eigenvalue weighted by atomic mass is 32.2. The maximum atomic E-state index is 12.9. The molecule has 0 aliphatic rings. The van der Waals surface area contributed by atoms with E-state index in [0.717, 1.165) is 11.6 Å². The van der Waals surface area contributed by atoms with E-state index in [1.807, 2.05) is 30.3 Å². The maximum absolute atomic E-state index is 12.9. The lowest BCUT2D eigenvalue weighted by Gasteiger charge is -2.20. The zero-order valence-electron chi connectivity index (χ0n) is 12.2. The van der Waals surface area contributed by atoms with Crippen LogP contribution in [0.4, 0.5) is 13.2 Å². The summed E-state index contributed by atoms with van der Waals surface area (Å²) >= 11 is 1.21. The number of halogens is 3. The summed E-state index contributed by atoms with van der Waals surface area (Å²) in [6.07, 6.45) is -4.54. The van der Waals surface area contributed by atoms with E-state index >= 15 is 0 Å². The minimum absolute atomic E-state index is 0.199. The number of aromatic nitrogens is 1. The average Bonchev–Trinajstić information content (AvgIpc) is 2.44. The molecule has 0 saturated carbocycles. The van der Waals surface area contributed by atoms with Crippen LogP contribution in [-0.2, 0) is 17.5 Å². The molecular formula is C16H16F3NOS. The third-order valence-corrected chi connectivity index (χ3v) is 4.01. The van der Waals surface area contributed by atoms with Gasteiger partial charge in [0.05, 0.1) is 10.6 Å². The summed E-state index contributed by atoms with van der Waals surface area (Å²) < 4.78 is 38.8. The van der Waals surface area contributed by atoms with Crippen molar-refractivity contribution in [3.63, 3.8) is 0 Å². The van der Waals surface area contributed by atoms with Crippen molar-refractivity contribution >= 4 is 11.8 Å². The first-order valence-corrected chi connectivity index (χ1v) is 7.64. The third-order valence-electron chi connectivity index (χ3n) is 3.03. The summed E-state index contributed by atoms with van der Waals surface area (Å²) in [6, 6.07) is 11.8. The summed E-state index contributed by atoms with van der Waals surface area (Å²) in [5.41, 5.74) is -1.14. The van der Waals surface area contributed by atoms with E-state index in [2.05, 4.69) is 4.98 Å². The van der Waals surface area contributed by atoms with Crippen LogP contribution in [-0.4, -0.2) is 10.1 Å². The number of nitrogens with zero attached hydrogens (tertiary/aromatic N) is 1. The summed E-state index contributed by atoms with van der Waals surface area (Å²) in [7, 11) is 0. The fourth-order valence-electron chi connectivity index (χ4n) is 1.81. The molecule has 0 atom stereocenters. The van der Waals surface area contributed by atoms with Gasteiger partial charge < -0.3 is 5.11 Å². The molecule has 0 aliphatic heterocycles. The normalized spacial score (nSPS) is 12.5. The highest BCUT2D eigenvalue weighted by Crippen LogP contribution is 2.34. The molecule has 2 rings (SSSR count). The lowest BCUT2D eigenvalue weighted by atomic mass is 9.99. The van der Waals surface area contributed by atoms with Crippen molar-refractivity contribution < 1.29 is 18.3 Å². The Labute approximate surface area is 131 Å². The van der Waals surface area contributed by atoms with E-state index in [9.17, 15) is 18.3 Å². The van der Waals surface area contributed by atoms with Crippen LogP contribution in [0.1, 0.15) is 30.7 Å². The molecule has 0 bridgehead atoms. The van der Waals surface area contributed by atoms with E-state index in [0.29, 0.717) is 5.75 Å². The van der Waals surface area contributed by atoms with Gasteiger partial charge in [-0.2, -0.15) is 13.2 Å². The van der Waals surface area contributed by atoms with Gasteiger partial charge in [0.2, 0.25) is 0 Å². The third kappa shape index (κ3) is 4.48. The Bertz CT molecular complexity index is 604. The minimum Gasteiger partial charge on any atom is -0.386 e. The van der Waals surface area contributed by atoms with Gasteiger partial charge in [-0.1, -0.05) is 30.3 Å². The first kappa shape index (κ1) is 16.8. The van der Waals surface area contributed by atoms with E-state index < -0.39 is 17.5 Å². The quantitative estimate of drug-likeness (QED) is 0.832. The molecule has 1 N–H and O–H groups in total. The summed E-state index contributed by atoms with van der Waals surface area (Å²) in [4.78, 5) is 3.66. The van der Waals surface area contributed by atoms with Gasteiger partial charge >= 0.3 is 6.18 Å². The lowest BCUT2D eigenvalue weighted by molar-refractivity contribution is -0.141. The number of rotatable bonds is 4. The molecule has 1 aromatic carbocycles. The number of alkyl halides is 3. The number of benzene rings is 1.